The van der Waals surface area contributed by atoms with Crippen LogP contribution in [0.15, 0.2) is 36.4 Å². The molecule has 5 heteroatoms. The molecular formula is C23H28F2O3. The summed E-state index contributed by atoms with van der Waals surface area (Å²) in [7, 11) is 0. The van der Waals surface area contributed by atoms with Crippen molar-refractivity contribution in [3.05, 3.63) is 64.7 Å². The van der Waals surface area contributed by atoms with Crippen molar-refractivity contribution >= 4 is 0 Å². The predicted octanol–water partition coefficient (Wildman–Crippen LogP) is 5.93. The van der Waals surface area contributed by atoms with E-state index in [4.69, 9.17) is 14.2 Å². The molecule has 0 aromatic heterocycles. The van der Waals surface area contributed by atoms with Crippen molar-refractivity contribution in [3.8, 4) is 5.75 Å². The van der Waals surface area contributed by atoms with Crippen LogP contribution in [0.4, 0.5) is 8.78 Å². The third-order valence-electron chi connectivity index (χ3n) is 4.97. The molecule has 2 aromatic carbocycles. The molecule has 0 aliphatic carbocycles. The number of hydrogen-bond donors (Lipinski definition) is 0. The Bertz CT molecular complexity index is 753. The van der Waals surface area contributed by atoms with E-state index < -0.39 is 17.9 Å². The van der Waals surface area contributed by atoms with Crippen molar-refractivity contribution in [1.29, 1.82) is 0 Å². The van der Waals surface area contributed by atoms with Crippen molar-refractivity contribution in [3.63, 3.8) is 0 Å². The highest BCUT2D eigenvalue weighted by Crippen LogP contribution is 2.34. The molecule has 0 N–H and O–H groups in total. The van der Waals surface area contributed by atoms with Gasteiger partial charge in [-0.1, -0.05) is 51.0 Å². The van der Waals surface area contributed by atoms with Crippen LogP contribution in [0.5, 0.6) is 5.75 Å². The molecule has 0 unspecified atom stereocenters. The van der Waals surface area contributed by atoms with Crippen LogP contribution in [0.2, 0.25) is 0 Å². The summed E-state index contributed by atoms with van der Waals surface area (Å²) < 4.78 is 45.5. The van der Waals surface area contributed by atoms with Crippen molar-refractivity contribution in [2.24, 2.45) is 0 Å². The Hall–Kier alpha value is -1.98. The topological polar surface area (TPSA) is 27.7 Å². The summed E-state index contributed by atoms with van der Waals surface area (Å²) in [4.78, 5) is 0. The first kappa shape index (κ1) is 20.7. The van der Waals surface area contributed by atoms with E-state index in [9.17, 15) is 8.78 Å². The molecule has 0 spiro atoms. The summed E-state index contributed by atoms with van der Waals surface area (Å²) in [5.41, 5.74) is 2.50. The van der Waals surface area contributed by atoms with Gasteiger partial charge in [0.25, 0.3) is 0 Å². The zero-order chi connectivity index (χ0) is 19.9. The fourth-order valence-electron chi connectivity index (χ4n) is 3.29. The van der Waals surface area contributed by atoms with Gasteiger partial charge in [0.05, 0.1) is 19.8 Å². The van der Waals surface area contributed by atoms with Gasteiger partial charge in [-0.3, -0.25) is 0 Å². The Labute approximate surface area is 165 Å². The first-order valence-corrected chi connectivity index (χ1v) is 10.1. The van der Waals surface area contributed by atoms with E-state index in [-0.39, 0.29) is 17.2 Å². The highest BCUT2D eigenvalue weighted by molar-refractivity contribution is 5.32. The number of halogens is 2. The number of benzene rings is 2. The SMILES string of the molecule is CCCCOc1ccc(C2OCC(c3ccc(CCC)cc3)CO2)c(F)c1F. The smallest absolute Gasteiger partial charge is 0.201 e. The molecule has 0 bridgehead atoms. The molecule has 3 rings (SSSR count). The van der Waals surface area contributed by atoms with E-state index in [1.54, 1.807) is 0 Å². The second kappa shape index (κ2) is 9.99. The molecule has 0 amide bonds. The third-order valence-corrected chi connectivity index (χ3v) is 4.97. The summed E-state index contributed by atoms with van der Waals surface area (Å²) >= 11 is 0. The molecule has 152 valence electrons. The van der Waals surface area contributed by atoms with Gasteiger partial charge in [0.1, 0.15) is 0 Å². The van der Waals surface area contributed by atoms with Gasteiger partial charge >= 0.3 is 0 Å². The molecule has 0 radical (unpaired) electrons. The van der Waals surface area contributed by atoms with Crippen molar-refractivity contribution in [2.45, 2.75) is 51.7 Å². The second-order valence-electron chi connectivity index (χ2n) is 7.17. The number of hydrogen-bond acceptors (Lipinski definition) is 3. The first-order valence-electron chi connectivity index (χ1n) is 10.1. The van der Waals surface area contributed by atoms with Gasteiger partial charge in [0, 0.05) is 11.5 Å². The summed E-state index contributed by atoms with van der Waals surface area (Å²) in [5.74, 6) is -1.96. The van der Waals surface area contributed by atoms with Crippen LogP contribution >= 0.6 is 0 Å². The number of ether oxygens (including phenoxy) is 3. The molecule has 1 aliphatic heterocycles. The number of unbranched alkanes of at least 4 members (excludes halogenated alkanes) is 1. The van der Waals surface area contributed by atoms with E-state index in [1.165, 1.54) is 17.7 Å². The molecular weight excluding hydrogens is 362 g/mol. The van der Waals surface area contributed by atoms with Gasteiger partial charge in [-0.25, -0.2) is 4.39 Å². The van der Waals surface area contributed by atoms with Crippen LogP contribution in [0, 0.1) is 11.6 Å². The Balaban J connectivity index is 1.62. The molecule has 3 nitrogen and oxygen atoms in total. The third kappa shape index (κ3) is 4.89. The lowest BCUT2D eigenvalue weighted by atomic mass is 9.97. The van der Waals surface area contributed by atoms with E-state index in [0.29, 0.717) is 19.8 Å². The molecule has 1 heterocycles. The summed E-state index contributed by atoms with van der Waals surface area (Å²) in [6.07, 6.45) is 2.98. The normalized spacial score (nSPS) is 19.6. The highest BCUT2D eigenvalue weighted by atomic mass is 19.2. The van der Waals surface area contributed by atoms with Crippen LogP contribution < -0.4 is 4.74 Å². The van der Waals surface area contributed by atoms with E-state index in [0.717, 1.165) is 31.2 Å². The monoisotopic (exact) mass is 390 g/mol. The molecule has 0 atom stereocenters. The zero-order valence-electron chi connectivity index (χ0n) is 16.5. The van der Waals surface area contributed by atoms with Gasteiger partial charge in [0.15, 0.2) is 17.9 Å². The van der Waals surface area contributed by atoms with Gasteiger partial charge < -0.3 is 14.2 Å². The predicted molar refractivity (Wildman–Crippen MR) is 105 cm³/mol. The molecule has 2 aromatic rings. The average Bonchev–Trinajstić information content (AvgIpc) is 2.72. The van der Waals surface area contributed by atoms with Crippen LogP contribution in [0.1, 0.15) is 62.0 Å². The largest absolute Gasteiger partial charge is 0.490 e. The van der Waals surface area contributed by atoms with E-state index in [2.05, 4.69) is 31.2 Å². The quantitative estimate of drug-likeness (QED) is 0.523. The molecule has 1 aliphatic rings. The lowest BCUT2D eigenvalue weighted by molar-refractivity contribution is -0.193. The standard InChI is InChI=1S/C23H28F2O3/c1-3-5-13-26-20-12-11-19(21(24)22(20)25)23-27-14-18(15-28-23)17-9-7-16(6-4-2)8-10-17/h7-12,18,23H,3-6,13-15H2,1-2H3. The molecule has 28 heavy (non-hydrogen) atoms. The fourth-order valence-corrected chi connectivity index (χ4v) is 3.29. The maximum atomic E-state index is 14.5. The lowest BCUT2D eigenvalue weighted by Gasteiger charge is -2.30. The second-order valence-corrected chi connectivity index (χ2v) is 7.17. The maximum absolute atomic E-state index is 14.5. The molecule has 1 fully saturated rings. The minimum Gasteiger partial charge on any atom is -0.490 e. The van der Waals surface area contributed by atoms with Gasteiger partial charge in [0.2, 0.25) is 5.82 Å². The Morgan fingerprint density at radius 2 is 1.64 bits per heavy atom. The fraction of sp³-hybridized carbons (Fsp3) is 0.478. The Morgan fingerprint density at radius 1 is 0.929 bits per heavy atom. The van der Waals surface area contributed by atoms with Crippen molar-refractivity contribution in [1.82, 2.24) is 0 Å². The van der Waals surface area contributed by atoms with Gasteiger partial charge in [-0.2, -0.15) is 4.39 Å². The highest BCUT2D eigenvalue weighted by Gasteiger charge is 2.28. The van der Waals surface area contributed by atoms with Crippen molar-refractivity contribution in [2.75, 3.05) is 19.8 Å². The van der Waals surface area contributed by atoms with Crippen molar-refractivity contribution < 1.29 is 23.0 Å². The number of rotatable bonds is 8. The van der Waals surface area contributed by atoms with Crippen LogP contribution in [0.3, 0.4) is 0 Å². The summed E-state index contributed by atoms with van der Waals surface area (Å²) in [6, 6.07) is 11.3. The summed E-state index contributed by atoms with van der Waals surface area (Å²) in [5, 5.41) is 0. The van der Waals surface area contributed by atoms with Gasteiger partial charge in [-0.15, -0.1) is 0 Å². The van der Waals surface area contributed by atoms with Crippen LogP contribution in [0.25, 0.3) is 0 Å². The van der Waals surface area contributed by atoms with E-state index in [1.807, 2.05) is 6.92 Å². The average molecular weight is 390 g/mol. The van der Waals surface area contributed by atoms with Crippen LogP contribution in [-0.4, -0.2) is 19.8 Å². The zero-order valence-corrected chi connectivity index (χ0v) is 16.5. The molecule has 0 saturated carbocycles. The Morgan fingerprint density at radius 3 is 2.29 bits per heavy atom. The summed E-state index contributed by atoms with van der Waals surface area (Å²) in [6.45, 7) is 5.32. The van der Waals surface area contributed by atoms with Gasteiger partial charge in [-0.05, 0) is 36.1 Å². The maximum Gasteiger partial charge on any atom is 0.201 e. The Kier molecular flexibility index (Phi) is 7.40. The number of aryl methyl sites for hydroxylation is 1. The molecule has 1 saturated heterocycles. The minimum atomic E-state index is -0.991. The van der Waals surface area contributed by atoms with Crippen LogP contribution in [-0.2, 0) is 15.9 Å². The lowest BCUT2D eigenvalue weighted by Crippen LogP contribution is -2.26. The minimum absolute atomic E-state index is 0.0667. The first-order chi connectivity index (χ1) is 13.6. The van der Waals surface area contributed by atoms with E-state index >= 15 is 0 Å².